The van der Waals surface area contributed by atoms with E-state index in [0.717, 1.165) is 11.3 Å². The minimum atomic E-state index is -0.898. The Morgan fingerprint density at radius 1 is 1.36 bits per heavy atom. The molecule has 1 aromatic heterocycles. The predicted octanol–water partition coefficient (Wildman–Crippen LogP) is 2.00. The molecule has 0 radical (unpaired) electrons. The molecule has 1 aliphatic heterocycles. The van der Waals surface area contributed by atoms with Gasteiger partial charge in [-0.3, -0.25) is 4.57 Å². The van der Waals surface area contributed by atoms with Gasteiger partial charge in [0, 0.05) is 36.2 Å². The van der Waals surface area contributed by atoms with E-state index >= 15 is 0 Å². The largest absolute Gasteiger partial charge is 0.384 e. The number of fused-ring (bicyclic) bond motifs is 1. The van der Waals surface area contributed by atoms with Gasteiger partial charge < -0.3 is 15.8 Å². The molecule has 0 amide bonds. The van der Waals surface area contributed by atoms with Crippen molar-refractivity contribution in [1.82, 2.24) is 9.55 Å². The zero-order valence-electron chi connectivity index (χ0n) is 13.1. The Labute approximate surface area is 130 Å². The molecule has 3 N–H and O–H groups in total. The van der Waals surface area contributed by atoms with Crippen LogP contribution in [0.25, 0.3) is 0 Å². The zero-order chi connectivity index (χ0) is 15.8. The standard InChI is InChI=1S/C16H21N5O/c1-15(2,10-22-3)16(17)12-6-4-5-7-13(12)19-14(20-16)21-9-8-18-11-21/h4-9,11H,10,17H2,1-3H3,(H,19,20). The molecule has 6 heteroatoms. The Morgan fingerprint density at radius 2 is 2.14 bits per heavy atom. The molecular formula is C16H21N5O. The monoisotopic (exact) mass is 299 g/mol. The first-order valence-corrected chi connectivity index (χ1v) is 7.20. The van der Waals surface area contributed by atoms with Gasteiger partial charge in [0.05, 0.1) is 6.61 Å². The van der Waals surface area contributed by atoms with Gasteiger partial charge in [-0.25, -0.2) is 9.98 Å². The summed E-state index contributed by atoms with van der Waals surface area (Å²) in [5, 5.41) is 3.32. The maximum atomic E-state index is 6.79. The SMILES string of the molecule is COCC(C)(C)C1(N)N=C(n2ccnc2)Nc2ccccc21. The lowest BCUT2D eigenvalue weighted by Crippen LogP contribution is -2.54. The number of aliphatic imine (C=N–C) groups is 1. The van der Waals surface area contributed by atoms with Crippen LogP contribution in [-0.2, 0) is 10.4 Å². The topological polar surface area (TPSA) is 77.5 Å². The van der Waals surface area contributed by atoms with Crippen molar-refractivity contribution < 1.29 is 4.74 Å². The minimum absolute atomic E-state index is 0.383. The Morgan fingerprint density at radius 3 is 2.82 bits per heavy atom. The van der Waals surface area contributed by atoms with Gasteiger partial charge in [-0.1, -0.05) is 32.0 Å². The molecule has 0 bridgehead atoms. The van der Waals surface area contributed by atoms with Crippen LogP contribution >= 0.6 is 0 Å². The van der Waals surface area contributed by atoms with Crippen molar-refractivity contribution in [3.8, 4) is 0 Å². The molecule has 0 fully saturated rings. The molecule has 2 heterocycles. The fourth-order valence-corrected chi connectivity index (χ4v) is 2.79. The zero-order valence-corrected chi connectivity index (χ0v) is 13.1. The lowest BCUT2D eigenvalue weighted by molar-refractivity contribution is 0.0432. The second-order valence-corrected chi connectivity index (χ2v) is 6.16. The van der Waals surface area contributed by atoms with Crippen molar-refractivity contribution in [2.75, 3.05) is 19.0 Å². The summed E-state index contributed by atoms with van der Waals surface area (Å²) in [6.07, 6.45) is 5.25. The molecule has 0 saturated carbocycles. The van der Waals surface area contributed by atoms with E-state index in [1.165, 1.54) is 0 Å². The first kappa shape index (κ1) is 14.7. The molecule has 6 nitrogen and oxygen atoms in total. The minimum Gasteiger partial charge on any atom is -0.384 e. The quantitative estimate of drug-likeness (QED) is 0.908. The molecular weight excluding hydrogens is 278 g/mol. The van der Waals surface area contributed by atoms with E-state index in [0.29, 0.717) is 12.6 Å². The van der Waals surface area contributed by atoms with Crippen LogP contribution in [0.4, 0.5) is 5.69 Å². The fourth-order valence-electron chi connectivity index (χ4n) is 2.79. The van der Waals surface area contributed by atoms with Gasteiger partial charge in [-0.15, -0.1) is 0 Å². The lowest BCUT2D eigenvalue weighted by atomic mass is 9.74. The van der Waals surface area contributed by atoms with Crippen molar-refractivity contribution in [3.63, 3.8) is 0 Å². The summed E-state index contributed by atoms with van der Waals surface area (Å²) in [5.74, 6) is 0.655. The Bertz CT molecular complexity index is 692. The molecule has 116 valence electrons. The number of hydrogen-bond acceptors (Lipinski definition) is 5. The number of nitrogens with one attached hydrogen (secondary N) is 1. The first-order chi connectivity index (χ1) is 10.5. The molecule has 3 rings (SSSR count). The average Bonchev–Trinajstić information content (AvgIpc) is 3.01. The van der Waals surface area contributed by atoms with Crippen LogP contribution in [0, 0.1) is 5.41 Å². The van der Waals surface area contributed by atoms with Gasteiger partial charge in [-0.05, 0) is 6.07 Å². The van der Waals surface area contributed by atoms with Crippen LogP contribution in [0.1, 0.15) is 19.4 Å². The van der Waals surface area contributed by atoms with E-state index in [-0.39, 0.29) is 5.41 Å². The second-order valence-electron chi connectivity index (χ2n) is 6.16. The first-order valence-electron chi connectivity index (χ1n) is 7.20. The number of nitrogens with two attached hydrogens (primary N) is 1. The highest BCUT2D eigenvalue weighted by atomic mass is 16.5. The Hall–Kier alpha value is -2.18. The van der Waals surface area contributed by atoms with Gasteiger partial charge in [0.25, 0.3) is 0 Å². The predicted molar refractivity (Wildman–Crippen MR) is 86.6 cm³/mol. The number of rotatable bonds is 3. The van der Waals surface area contributed by atoms with E-state index in [2.05, 4.69) is 24.1 Å². The highest BCUT2D eigenvalue weighted by molar-refractivity contribution is 5.98. The van der Waals surface area contributed by atoms with E-state index in [1.807, 2.05) is 35.0 Å². The highest BCUT2D eigenvalue weighted by Crippen LogP contribution is 2.44. The van der Waals surface area contributed by atoms with Gasteiger partial charge >= 0.3 is 0 Å². The number of aromatic nitrogens is 2. The number of anilines is 1. The molecule has 0 saturated heterocycles. The molecule has 0 aliphatic carbocycles. The van der Waals surface area contributed by atoms with Gasteiger partial charge in [0.1, 0.15) is 12.0 Å². The third-order valence-electron chi connectivity index (χ3n) is 4.15. The summed E-state index contributed by atoms with van der Waals surface area (Å²) in [5.41, 5.74) is 7.42. The van der Waals surface area contributed by atoms with Crippen molar-refractivity contribution in [3.05, 3.63) is 48.5 Å². The van der Waals surface area contributed by atoms with Gasteiger partial charge in [0.2, 0.25) is 5.96 Å². The Balaban J connectivity index is 2.17. The third-order valence-corrected chi connectivity index (χ3v) is 4.15. The third kappa shape index (κ3) is 2.20. The van der Waals surface area contributed by atoms with Crippen LogP contribution in [0.3, 0.4) is 0 Å². The number of imidazole rings is 1. The Kier molecular flexibility index (Phi) is 3.50. The van der Waals surface area contributed by atoms with E-state index in [4.69, 9.17) is 15.5 Å². The maximum absolute atomic E-state index is 6.79. The molecule has 1 aliphatic rings. The van der Waals surface area contributed by atoms with Gasteiger partial charge in [-0.2, -0.15) is 0 Å². The van der Waals surface area contributed by atoms with Crippen LogP contribution in [-0.4, -0.2) is 29.2 Å². The van der Waals surface area contributed by atoms with Gasteiger partial charge in [0.15, 0.2) is 0 Å². The van der Waals surface area contributed by atoms with Crippen LogP contribution in [0.2, 0.25) is 0 Å². The fraction of sp³-hybridized carbons (Fsp3) is 0.375. The maximum Gasteiger partial charge on any atom is 0.210 e. The van der Waals surface area contributed by atoms with E-state index < -0.39 is 5.66 Å². The lowest BCUT2D eigenvalue weighted by Gasteiger charge is -2.44. The number of nitrogens with zero attached hydrogens (tertiary/aromatic N) is 3. The highest BCUT2D eigenvalue weighted by Gasteiger charge is 2.47. The smallest absolute Gasteiger partial charge is 0.210 e. The molecule has 2 aromatic rings. The summed E-state index contributed by atoms with van der Waals surface area (Å²) in [7, 11) is 1.68. The molecule has 1 atom stereocenters. The molecule has 0 spiro atoms. The molecule has 1 aromatic carbocycles. The van der Waals surface area contributed by atoms with Crippen molar-refractivity contribution in [2.45, 2.75) is 19.5 Å². The summed E-state index contributed by atoms with van der Waals surface area (Å²) in [4.78, 5) is 8.89. The van der Waals surface area contributed by atoms with E-state index in [9.17, 15) is 0 Å². The summed E-state index contributed by atoms with van der Waals surface area (Å²) >= 11 is 0. The number of methoxy groups -OCH3 is 1. The van der Waals surface area contributed by atoms with Crippen LogP contribution in [0.15, 0.2) is 48.0 Å². The summed E-state index contributed by atoms with van der Waals surface area (Å²) < 4.78 is 7.20. The normalized spacial score (nSPS) is 21.0. The number of ether oxygens (including phenoxy) is 1. The number of para-hydroxylation sites is 1. The molecule has 22 heavy (non-hydrogen) atoms. The summed E-state index contributed by atoms with van der Waals surface area (Å²) in [6, 6.07) is 7.97. The van der Waals surface area contributed by atoms with Crippen molar-refractivity contribution in [1.29, 1.82) is 0 Å². The van der Waals surface area contributed by atoms with E-state index in [1.54, 1.807) is 19.6 Å². The summed E-state index contributed by atoms with van der Waals surface area (Å²) in [6.45, 7) is 4.62. The van der Waals surface area contributed by atoms with Crippen LogP contribution in [0.5, 0.6) is 0 Å². The van der Waals surface area contributed by atoms with Crippen molar-refractivity contribution in [2.24, 2.45) is 16.1 Å². The van der Waals surface area contributed by atoms with Crippen molar-refractivity contribution >= 4 is 11.6 Å². The average molecular weight is 299 g/mol. The van der Waals surface area contributed by atoms with Crippen LogP contribution < -0.4 is 11.1 Å². The number of benzene rings is 1. The number of hydrogen-bond donors (Lipinski definition) is 2. The second kappa shape index (κ2) is 5.23. The molecule has 1 unspecified atom stereocenters.